The Morgan fingerprint density at radius 1 is 1.25 bits per heavy atom. The molecule has 1 saturated heterocycles. The van der Waals surface area contributed by atoms with Crippen LogP contribution in [0.3, 0.4) is 0 Å². The highest BCUT2D eigenvalue weighted by Crippen LogP contribution is 2.30. The van der Waals surface area contributed by atoms with Crippen molar-refractivity contribution >= 4 is 28.8 Å². The molecule has 0 amide bonds. The molecule has 0 spiro atoms. The topological polar surface area (TPSA) is 99.8 Å². The number of nitriles is 1. The predicted molar refractivity (Wildman–Crippen MR) is 134 cm³/mol. The lowest BCUT2D eigenvalue weighted by molar-refractivity contribution is 0.0601. The third-order valence-corrected chi connectivity index (χ3v) is 7.49. The van der Waals surface area contributed by atoms with Crippen LogP contribution in [0.25, 0.3) is 11.0 Å². The van der Waals surface area contributed by atoms with Crippen molar-refractivity contribution < 1.29 is 13.9 Å². The minimum atomic E-state index is -0.367. The molecule has 0 unspecified atom stereocenters. The number of aromatic nitrogens is 4. The number of imidazole rings is 1. The molecule has 0 bridgehead atoms. The number of hydrogen-bond acceptors (Lipinski definition) is 7. The Bertz CT molecular complexity index is 1430. The van der Waals surface area contributed by atoms with Crippen molar-refractivity contribution in [1.82, 2.24) is 24.6 Å². The summed E-state index contributed by atoms with van der Waals surface area (Å²) in [6.45, 7) is 2.51. The summed E-state index contributed by atoms with van der Waals surface area (Å²) in [6, 6.07) is 14.1. The summed E-state index contributed by atoms with van der Waals surface area (Å²) >= 11 is 1.55. The maximum atomic E-state index is 14.3. The smallest absolute Gasteiger partial charge is 0.337 e. The van der Waals surface area contributed by atoms with E-state index in [2.05, 4.69) is 24.6 Å². The molecule has 184 valence electrons. The third kappa shape index (κ3) is 5.12. The maximum Gasteiger partial charge on any atom is 0.337 e. The van der Waals surface area contributed by atoms with Gasteiger partial charge in [-0.15, -0.1) is 11.8 Å². The largest absolute Gasteiger partial charge is 0.465 e. The number of H-pyrrole nitrogens is 1. The number of aromatic amines is 1. The van der Waals surface area contributed by atoms with E-state index in [1.165, 1.54) is 13.2 Å². The van der Waals surface area contributed by atoms with E-state index in [9.17, 15) is 9.18 Å². The molecule has 1 N–H and O–H groups in total. The molecule has 0 radical (unpaired) electrons. The molecule has 3 heterocycles. The Balaban J connectivity index is 1.18. The zero-order valence-electron chi connectivity index (χ0n) is 19.8. The number of fused-ring (bicyclic) bond motifs is 1. The average molecular weight is 505 g/mol. The van der Waals surface area contributed by atoms with Gasteiger partial charge in [-0.1, -0.05) is 6.07 Å². The van der Waals surface area contributed by atoms with Gasteiger partial charge in [0.05, 0.1) is 59.1 Å². The normalized spacial score (nSPS) is 14.7. The van der Waals surface area contributed by atoms with Gasteiger partial charge >= 0.3 is 5.97 Å². The summed E-state index contributed by atoms with van der Waals surface area (Å²) in [7, 11) is 1.37. The number of benzene rings is 2. The van der Waals surface area contributed by atoms with Crippen molar-refractivity contribution in [3.63, 3.8) is 0 Å². The fraction of sp³-hybridized carbons (Fsp3) is 0.308. The zero-order valence-corrected chi connectivity index (χ0v) is 20.6. The molecule has 36 heavy (non-hydrogen) atoms. The first-order valence-electron chi connectivity index (χ1n) is 11.7. The van der Waals surface area contributed by atoms with Crippen LogP contribution in [0, 0.1) is 17.1 Å². The fourth-order valence-electron chi connectivity index (χ4n) is 4.49. The van der Waals surface area contributed by atoms with Gasteiger partial charge in [0, 0.05) is 18.8 Å². The molecule has 0 aliphatic carbocycles. The second kappa shape index (κ2) is 10.5. The van der Waals surface area contributed by atoms with Crippen LogP contribution in [0.2, 0.25) is 0 Å². The first kappa shape index (κ1) is 24.0. The standard InChI is InChI=1S/C26H25FN6O2S/c1-35-26(34)18-4-5-22-23(13-18)31-24(30-22)15-32-10-7-20(8-11-32)33-25(6-9-29-33)36-16-19-3-2-17(14-28)12-21(19)27/h2-6,9,12-13,20H,7-8,10-11,15-16H2,1H3,(H,30,31). The number of likely N-dealkylation sites (tertiary alicyclic amines) is 1. The van der Waals surface area contributed by atoms with E-state index in [0.717, 1.165) is 47.8 Å². The predicted octanol–water partition coefficient (Wildman–Crippen LogP) is 4.69. The van der Waals surface area contributed by atoms with Crippen molar-refractivity contribution in [1.29, 1.82) is 5.26 Å². The number of carbonyl (C=O) groups is 1. The van der Waals surface area contributed by atoms with Crippen LogP contribution in [0.4, 0.5) is 4.39 Å². The molecule has 1 aliphatic heterocycles. The van der Waals surface area contributed by atoms with Gasteiger partial charge in [0.1, 0.15) is 11.6 Å². The highest BCUT2D eigenvalue weighted by molar-refractivity contribution is 7.98. The number of nitrogens with zero attached hydrogens (tertiary/aromatic N) is 5. The highest BCUT2D eigenvalue weighted by Gasteiger charge is 2.24. The number of ether oxygens (including phenoxy) is 1. The van der Waals surface area contributed by atoms with Crippen LogP contribution in [-0.2, 0) is 17.0 Å². The Kier molecular flexibility index (Phi) is 7.02. The van der Waals surface area contributed by atoms with Crippen LogP contribution >= 0.6 is 11.8 Å². The fourth-order valence-corrected chi connectivity index (χ4v) is 5.52. The van der Waals surface area contributed by atoms with Crippen molar-refractivity contribution in [2.24, 2.45) is 0 Å². The van der Waals surface area contributed by atoms with E-state index in [0.29, 0.717) is 29.0 Å². The van der Waals surface area contributed by atoms with Crippen LogP contribution in [0.15, 0.2) is 53.7 Å². The van der Waals surface area contributed by atoms with Gasteiger partial charge < -0.3 is 9.72 Å². The Labute approximate surface area is 212 Å². The van der Waals surface area contributed by atoms with Crippen molar-refractivity contribution in [2.45, 2.75) is 36.2 Å². The summed E-state index contributed by atoms with van der Waals surface area (Å²) < 4.78 is 21.1. The second-order valence-electron chi connectivity index (χ2n) is 8.74. The van der Waals surface area contributed by atoms with Crippen LogP contribution in [-0.4, -0.2) is 50.8 Å². The van der Waals surface area contributed by atoms with E-state index in [-0.39, 0.29) is 17.8 Å². The first-order valence-corrected chi connectivity index (χ1v) is 12.7. The van der Waals surface area contributed by atoms with Crippen molar-refractivity contribution in [3.8, 4) is 6.07 Å². The quantitative estimate of drug-likeness (QED) is 0.288. The third-order valence-electron chi connectivity index (χ3n) is 6.42. The average Bonchev–Trinajstić information content (AvgIpc) is 3.54. The zero-order chi connectivity index (χ0) is 25.1. The van der Waals surface area contributed by atoms with Gasteiger partial charge in [-0.25, -0.2) is 14.2 Å². The molecule has 1 aliphatic rings. The Morgan fingerprint density at radius 2 is 2.08 bits per heavy atom. The Morgan fingerprint density at radius 3 is 2.83 bits per heavy atom. The van der Waals surface area contributed by atoms with Gasteiger partial charge in [-0.05, 0) is 54.8 Å². The van der Waals surface area contributed by atoms with Crippen LogP contribution < -0.4 is 0 Å². The monoisotopic (exact) mass is 504 g/mol. The summed E-state index contributed by atoms with van der Waals surface area (Å²) in [5.74, 6) is 0.623. The summed E-state index contributed by atoms with van der Waals surface area (Å²) in [6.07, 6.45) is 3.70. The minimum absolute atomic E-state index is 0.280. The SMILES string of the molecule is COC(=O)c1ccc2nc(CN3CCC(n4nccc4SCc4ccc(C#N)cc4F)CC3)[nH]c2c1. The van der Waals surface area contributed by atoms with Gasteiger partial charge in [-0.3, -0.25) is 9.58 Å². The number of esters is 1. The minimum Gasteiger partial charge on any atom is -0.465 e. The highest BCUT2D eigenvalue weighted by atomic mass is 32.2. The van der Waals surface area contributed by atoms with Crippen molar-refractivity contribution in [2.75, 3.05) is 20.2 Å². The summed E-state index contributed by atoms with van der Waals surface area (Å²) in [5.41, 5.74) is 3.04. The number of thioether (sulfide) groups is 1. The summed E-state index contributed by atoms with van der Waals surface area (Å²) in [5, 5.41) is 14.5. The van der Waals surface area contributed by atoms with E-state index in [4.69, 9.17) is 10.00 Å². The van der Waals surface area contributed by atoms with E-state index in [1.807, 2.05) is 18.2 Å². The molecule has 4 aromatic rings. The maximum absolute atomic E-state index is 14.3. The molecule has 10 heteroatoms. The number of piperidine rings is 1. The number of methoxy groups -OCH3 is 1. The van der Waals surface area contributed by atoms with E-state index in [1.54, 1.807) is 42.2 Å². The van der Waals surface area contributed by atoms with Gasteiger partial charge in [-0.2, -0.15) is 10.4 Å². The van der Waals surface area contributed by atoms with Gasteiger partial charge in [0.15, 0.2) is 0 Å². The van der Waals surface area contributed by atoms with Crippen LogP contribution in [0.5, 0.6) is 0 Å². The molecule has 0 saturated carbocycles. The lowest BCUT2D eigenvalue weighted by atomic mass is 10.1. The molecule has 5 rings (SSSR count). The van der Waals surface area contributed by atoms with Gasteiger partial charge in [0.25, 0.3) is 0 Å². The molecule has 1 fully saturated rings. The van der Waals surface area contributed by atoms with E-state index < -0.39 is 0 Å². The van der Waals surface area contributed by atoms with Crippen molar-refractivity contribution in [3.05, 3.63) is 77.0 Å². The number of nitrogens with one attached hydrogen (secondary N) is 1. The van der Waals surface area contributed by atoms with E-state index >= 15 is 0 Å². The number of carbonyl (C=O) groups excluding carboxylic acids is 1. The molecular formula is C26H25FN6O2S. The molecular weight excluding hydrogens is 479 g/mol. The van der Waals surface area contributed by atoms with Crippen LogP contribution in [0.1, 0.15) is 46.2 Å². The lowest BCUT2D eigenvalue weighted by Crippen LogP contribution is -2.34. The second-order valence-corrected chi connectivity index (χ2v) is 9.73. The van der Waals surface area contributed by atoms with Gasteiger partial charge in [0.2, 0.25) is 0 Å². The number of halogens is 1. The molecule has 2 aromatic heterocycles. The molecule has 8 nitrogen and oxygen atoms in total. The molecule has 0 atom stereocenters. The number of rotatable bonds is 7. The summed E-state index contributed by atoms with van der Waals surface area (Å²) in [4.78, 5) is 22.1. The first-order chi connectivity index (χ1) is 17.5. The number of hydrogen-bond donors (Lipinski definition) is 1. The Hall–Kier alpha value is -3.68. The lowest BCUT2D eigenvalue weighted by Gasteiger charge is -2.32. The molecule has 2 aromatic carbocycles.